The second-order valence-corrected chi connectivity index (χ2v) is 8.17. The molecule has 0 aliphatic heterocycles. The van der Waals surface area contributed by atoms with E-state index in [1.165, 1.54) is 23.5 Å². The molecule has 0 spiro atoms. The minimum absolute atomic E-state index is 0.0645. The van der Waals surface area contributed by atoms with E-state index in [0.717, 1.165) is 26.8 Å². The van der Waals surface area contributed by atoms with Crippen LogP contribution in [-0.2, 0) is 0 Å². The smallest absolute Gasteiger partial charge is 0.148 e. The van der Waals surface area contributed by atoms with Crippen LogP contribution in [0.2, 0.25) is 0 Å². The summed E-state index contributed by atoms with van der Waals surface area (Å²) in [4.78, 5) is 2.48. The van der Waals surface area contributed by atoms with Crippen molar-refractivity contribution in [3.05, 3.63) is 82.3 Å². The second kappa shape index (κ2) is 8.19. The van der Waals surface area contributed by atoms with E-state index in [1.807, 2.05) is 46.3 Å². The zero-order valence-corrected chi connectivity index (χ0v) is 17.0. The largest absolute Gasteiger partial charge is 0.308 e. The van der Waals surface area contributed by atoms with Crippen LogP contribution < -0.4 is 0 Å². The molecule has 0 unspecified atom stereocenters. The molecule has 3 aromatic heterocycles. The van der Waals surface area contributed by atoms with Gasteiger partial charge in [-0.15, -0.1) is 22.7 Å². The summed E-state index contributed by atoms with van der Waals surface area (Å²) < 4.78 is 15.5. The van der Waals surface area contributed by atoms with Gasteiger partial charge in [-0.25, -0.2) is 4.39 Å². The summed E-state index contributed by atoms with van der Waals surface area (Å²) in [5.74, 6) is -0.312. The number of halogens is 1. The van der Waals surface area contributed by atoms with Crippen molar-refractivity contribution < 1.29 is 4.39 Å². The molecule has 0 fully saturated rings. The predicted octanol–water partition coefficient (Wildman–Crippen LogP) is 6.40. The van der Waals surface area contributed by atoms with Gasteiger partial charge in [0, 0.05) is 10.6 Å². The van der Waals surface area contributed by atoms with E-state index in [9.17, 15) is 9.65 Å². The highest BCUT2D eigenvalue weighted by Crippen LogP contribution is 2.38. The molecule has 0 bridgehead atoms. The van der Waals surface area contributed by atoms with Gasteiger partial charge in [0.1, 0.15) is 29.6 Å². The molecule has 4 rings (SSSR count). The third kappa shape index (κ3) is 3.43. The minimum Gasteiger partial charge on any atom is -0.308 e. The zero-order valence-electron chi connectivity index (χ0n) is 15.3. The lowest BCUT2D eigenvalue weighted by Gasteiger charge is -2.12. The molecule has 0 radical (unpaired) electrons. The van der Waals surface area contributed by atoms with Crippen molar-refractivity contribution in [3.8, 4) is 45.0 Å². The Kier molecular flexibility index (Phi) is 5.28. The maximum Gasteiger partial charge on any atom is 0.148 e. The molecule has 0 saturated carbocycles. The number of allylic oxidation sites excluding steroid dienone is 2. The lowest BCUT2D eigenvalue weighted by Crippen LogP contribution is -1.98. The lowest BCUT2D eigenvalue weighted by molar-refractivity contribution is 0.627. The first-order chi connectivity index (χ1) is 14.7. The Bertz CT molecular complexity index is 1350. The van der Waals surface area contributed by atoms with Gasteiger partial charge in [0.05, 0.1) is 26.7 Å². The van der Waals surface area contributed by atoms with Crippen LogP contribution in [0.25, 0.3) is 32.4 Å². The molecule has 0 aliphatic carbocycles. The van der Waals surface area contributed by atoms with Crippen LogP contribution in [0.4, 0.5) is 4.39 Å². The van der Waals surface area contributed by atoms with Crippen LogP contribution in [0.3, 0.4) is 0 Å². The van der Waals surface area contributed by atoms with Gasteiger partial charge >= 0.3 is 0 Å². The van der Waals surface area contributed by atoms with Crippen molar-refractivity contribution in [3.63, 3.8) is 0 Å². The number of aromatic nitrogens is 1. The number of hydrogen-bond donors (Lipinski definition) is 0. The fraction of sp³-hybridized carbons (Fsp3) is 0. The van der Waals surface area contributed by atoms with Gasteiger partial charge in [-0.2, -0.15) is 15.8 Å². The first-order valence-electron chi connectivity index (χ1n) is 8.73. The van der Waals surface area contributed by atoms with Gasteiger partial charge < -0.3 is 4.57 Å². The first-order valence-corrected chi connectivity index (χ1v) is 10.4. The molecule has 0 N–H and O–H groups in total. The number of rotatable bonds is 4. The van der Waals surface area contributed by atoms with Crippen LogP contribution in [0, 0.1) is 39.8 Å². The van der Waals surface area contributed by atoms with Crippen molar-refractivity contribution in [2.45, 2.75) is 0 Å². The van der Waals surface area contributed by atoms with E-state index < -0.39 is 0 Å². The predicted molar refractivity (Wildman–Crippen MR) is 116 cm³/mol. The lowest BCUT2D eigenvalue weighted by atomic mass is 10.1. The highest BCUT2D eigenvalue weighted by molar-refractivity contribution is 7.16. The highest BCUT2D eigenvalue weighted by atomic mass is 32.1. The number of nitrogens with zero attached hydrogens (tertiary/aromatic N) is 4. The first kappa shape index (κ1) is 19.4. The molecule has 0 saturated heterocycles. The molecule has 3 heterocycles. The fourth-order valence-corrected chi connectivity index (χ4v) is 4.86. The van der Waals surface area contributed by atoms with Crippen LogP contribution in [0.15, 0.2) is 71.6 Å². The maximum absolute atomic E-state index is 13.5. The molecule has 142 valence electrons. The molecule has 4 aromatic rings. The number of thiophene rings is 2. The van der Waals surface area contributed by atoms with Crippen LogP contribution in [0.1, 0.15) is 4.88 Å². The molecule has 0 atom stereocenters. The Labute approximate surface area is 180 Å². The van der Waals surface area contributed by atoms with Crippen molar-refractivity contribution >= 4 is 28.2 Å². The monoisotopic (exact) mass is 426 g/mol. The second-order valence-electron chi connectivity index (χ2n) is 6.14. The summed E-state index contributed by atoms with van der Waals surface area (Å²) in [6.45, 7) is 0. The van der Waals surface area contributed by atoms with E-state index >= 15 is 0 Å². The SMILES string of the molecule is N#CC(C#N)=C(C#N)c1ccc(-c2ccc(-c3cccs3)n2-c2ccc(F)cc2)s1. The normalized spacial score (nSPS) is 10.1. The van der Waals surface area contributed by atoms with Crippen molar-refractivity contribution in [1.82, 2.24) is 4.57 Å². The Morgan fingerprint density at radius 2 is 1.50 bits per heavy atom. The Balaban J connectivity index is 1.90. The Hall–Kier alpha value is -3.96. The molecule has 7 heteroatoms. The summed E-state index contributed by atoms with van der Waals surface area (Å²) >= 11 is 2.93. The van der Waals surface area contributed by atoms with E-state index in [1.54, 1.807) is 41.7 Å². The average molecular weight is 427 g/mol. The maximum atomic E-state index is 13.5. The standard InChI is InChI=1S/C23H11FN4S2/c24-16-3-5-17(6-4-16)28-19(22-2-1-11-29-22)7-8-20(28)23-10-9-21(30-23)18(14-27)15(12-25)13-26/h1-11H. The van der Waals surface area contributed by atoms with Gasteiger partial charge in [-0.1, -0.05) is 6.07 Å². The van der Waals surface area contributed by atoms with Crippen molar-refractivity contribution in [2.75, 3.05) is 0 Å². The van der Waals surface area contributed by atoms with Gasteiger partial charge in [0.2, 0.25) is 0 Å². The van der Waals surface area contributed by atoms with E-state index in [2.05, 4.69) is 0 Å². The molecular weight excluding hydrogens is 415 g/mol. The minimum atomic E-state index is -0.312. The van der Waals surface area contributed by atoms with Crippen LogP contribution in [-0.4, -0.2) is 4.57 Å². The molecule has 0 aliphatic rings. The average Bonchev–Trinajstić information content (AvgIpc) is 3.52. The van der Waals surface area contributed by atoms with E-state index in [4.69, 9.17) is 10.5 Å². The quantitative estimate of drug-likeness (QED) is 0.354. The van der Waals surface area contributed by atoms with Gasteiger partial charge in [0.25, 0.3) is 0 Å². The summed E-state index contributed by atoms with van der Waals surface area (Å²) in [6.07, 6.45) is 0. The van der Waals surface area contributed by atoms with E-state index in [0.29, 0.717) is 4.88 Å². The topological polar surface area (TPSA) is 76.3 Å². The van der Waals surface area contributed by atoms with Gasteiger partial charge in [-0.3, -0.25) is 0 Å². The van der Waals surface area contributed by atoms with Crippen molar-refractivity contribution in [2.24, 2.45) is 0 Å². The number of nitriles is 3. The highest BCUT2D eigenvalue weighted by Gasteiger charge is 2.18. The van der Waals surface area contributed by atoms with E-state index in [-0.39, 0.29) is 17.0 Å². The summed E-state index contributed by atoms with van der Waals surface area (Å²) in [5.41, 5.74) is 2.50. The van der Waals surface area contributed by atoms with Crippen molar-refractivity contribution in [1.29, 1.82) is 15.8 Å². The summed E-state index contributed by atoms with van der Waals surface area (Å²) in [6, 6.07) is 23.3. The molecular formula is C23H11FN4S2. The van der Waals surface area contributed by atoms with Gasteiger partial charge in [-0.05, 0) is 60.0 Å². The van der Waals surface area contributed by atoms with Gasteiger partial charge in [0.15, 0.2) is 0 Å². The number of hydrogen-bond acceptors (Lipinski definition) is 5. The number of benzene rings is 1. The summed E-state index contributed by atoms with van der Waals surface area (Å²) in [7, 11) is 0. The molecule has 4 nitrogen and oxygen atoms in total. The Morgan fingerprint density at radius 3 is 2.10 bits per heavy atom. The Morgan fingerprint density at radius 1 is 0.800 bits per heavy atom. The fourth-order valence-electron chi connectivity index (χ4n) is 3.09. The summed E-state index contributed by atoms with van der Waals surface area (Å²) in [5, 5.41) is 29.7. The third-order valence-corrected chi connectivity index (χ3v) is 6.45. The van der Waals surface area contributed by atoms with Crippen LogP contribution in [0.5, 0.6) is 0 Å². The third-order valence-electron chi connectivity index (χ3n) is 4.43. The zero-order chi connectivity index (χ0) is 21.1. The molecule has 1 aromatic carbocycles. The molecule has 30 heavy (non-hydrogen) atoms. The van der Waals surface area contributed by atoms with Crippen LogP contribution >= 0.6 is 22.7 Å². The molecule has 0 amide bonds.